The van der Waals surface area contributed by atoms with E-state index in [1.54, 1.807) is 7.11 Å². The Labute approximate surface area is 147 Å². The molecule has 1 aromatic heterocycles. The quantitative estimate of drug-likeness (QED) is 0.773. The van der Waals surface area contributed by atoms with Gasteiger partial charge in [0.25, 0.3) is 5.91 Å². The number of nitrogens with zero attached hydrogens (tertiary/aromatic N) is 1. The molecular weight excluding hydrogens is 312 g/mol. The number of benzene rings is 2. The lowest BCUT2D eigenvalue weighted by molar-refractivity contribution is 0.0938. The number of para-hydroxylation sites is 1. The second-order valence-corrected chi connectivity index (χ2v) is 6.51. The molecular formula is C21H22N2O2. The van der Waals surface area contributed by atoms with Gasteiger partial charge in [-0.15, -0.1) is 0 Å². The van der Waals surface area contributed by atoms with Crippen molar-refractivity contribution in [2.24, 2.45) is 0 Å². The molecule has 1 aliphatic rings. The summed E-state index contributed by atoms with van der Waals surface area (Å²) >= 11 is 0. The van der Waals surface area contributed by atoms with Gasteiger partial charge in [-0.1, -0.05) is 42.5 Å². The highest BCUT2D eigenvalue weighted by Gasteiger charge is 2.25. The van der Waals surface area contributed by atoms with Gasteiger partial charge in [0.1, 0.15) is 0 Å². The lowest BCUT2D eigenvalue weighted by Crippen LogP contribution is -2.27. The van der Waals surface area contributed by atoms with Crippen LogP contribution >= 0.6 is 0 Å². The molecule has 4 nitrogen and oxygen atoms in total. The zero-order valence-corrected chi connectivity index (χ0v) is 14.4. The summed E-state index contributed by atoms with van der Waals surface area (Å²) < 4.78 is 7.28. The van der Waals surface area contributed by atoms with Gasteiger partial charge in [-0.2, -0.15) is 0 Å². The van der Waals surface area contributed by atoms with Crippen LogP contribution in [0.1, 0.15) is 33.9 Å². The second kappa shape index (κ2) is 6.73. The number of hydrogen-bond donors (Lipinski definition) is 1. The van der Waals surface area contributed by atoms with Gasteiger partial charge in [-0.3, -0.25) is 4.79 Å². The summed E-state index contributed by atoms with van der Waals surface area (Å²) in [5, 5.41) is 4.22. The minimum atomic E-state index is -0.00549. The summed E-state index contributed by atoms with van der Waals surface area (Å²) in [6.45, 7) is 1.35. The molecule has 0 saturated carbocycles. The molecule has 0 bridgehead atoms. The van der Waals surface area contributed by atoms with Gasteiger partial charge >= 0.3 is 0 Å². The topological polar surface area (TPSA) is 43.3 Å². The molecule has 4 rings (SSSR count). The Kier molecular flexibility index (Phi) is 4.28. The molecule has 4 heteroatoms. The third kappa shape index (κ3) is 2.94. The predicted octanol–water partition coefficient (Wildman–Crippen LogP) is 3.71. The molecule has 1 unspecified atom stereocenters. The fraction of sp³-hybridized carbons (Fsp3) is 0.286. The van der Waals surface area contributed by atoms with Crippen molar-refractivity contribution in [3.63, 3.8) is 0 Å². The molecule has 128 valence electrons. The van der Waals surface area contributed by atoms with Crippen molar-refractivity contribution in [2.75, 3.05) is 13.7 Å². The molecule has 1 amide bonds. The van der Waals surface area contributed by atoms with E-state index in [1.807, 2.05) is 36.5 Å². The number of methoxy groups -OCH3 is 1. The SMILES string of the molecule is COCCn1cc(C(=O)NC2CCc3ccccc32)c2ccccc21. The Morgan fingerprint density at radius 2 is 2.00 bits per heavy atom. The Morgan fingerprint density at radius 3 is 2.88 bits per heavy atom. The van der Waals surface area contributed by atoms with E-state index in [9.17, 15) is 4.79 Å². The van der Waals surface area contributed by atoms with Crippen LogP contribution in [-0.2, 0) is 17.7 Å². The first-order chi connectivity index (χ1) is 12.3. The summed E-state index contributed by atoms with van der Waals surface area (Å²) in [4.78, 5) is 13.0. The van der Waals surface area contributed by atoms with E-state index in [4.69, 9.17) is 4.74 Å². The Morgan fingerprint density at radius 1 is 1.20 bits per heavy atom. The fourth-order valence-electron chi connectivity index (χ4n) is 3.75. The van der Waals surface area contributed by atoms with Crippen molar-refractivity contribution >= 4 is 16.8 Å². The van der Waals surface area contributed by atoms with Gasteiger partial charge in [0, 0.05) is 30.8 Å². The van der Waals surface area contributed by atoms with E-state index in [0.29, 0.717) is 6.61 Å². The van der Waals surface area contributed by atoms with E-state index >= 15 is 0 Å². The molecule has 2 aromatic carbocycles. The van der Waals surface area contributed by atoms with Crippen LogP contribution in [0.3, 0.4) is 0 Å². The molecule has 1 atom stereocenters. The van der Waals surface area contributed by atoms with Crippen LogP contribution in [0.4, 0.5) is 0 Å². The van der Waals surface area contributed by atoms with Gasteiger partial charge in [0.2, 0.25) is 0 Å². The van der Waals surface area contributed by atoms with Gasteiger partial charge in [0.05, 0.1) is 18.2 Å². The standard InChI is InChI=1S/C21H22N2O2/c1-25-13-12-23-14-18(17-8-4-5-9-20(17)23)21(24)22-19-11-10-15-6-2-3-7-16(15)19/h2-9,14,19H,10-13H2,1H3,(H,22,24). The smallest absolute Gasteiger partial charge is 0.253 e. The molecule has 25 heavy (non-hydrogen) atoms. The van der Waals surface area contributed by atoms with Crippen molar-refractivity contribution in [1.29, 1.82) is 0 Å². The fourth-order valence-corrected chi connectivity index (χ4v) is 3.75. The summed E-state index contributed by atoms with van der Waals surface area (Å²) in [6.07, 6.45) is 3.93. The molecule has 0 spiro atoms. The van der Waals surface area contributed by atoms with Crippen molar-refractivity contribution in [2.45, 2.75) is 25.4 Å². The van der Waals surface area contributed by atoms with Crippen LogP contribution in [0.5, 0.6) is 0 Å². The van der Waals surface area contributed by atoms with Crippen molar-refractivity contribution < 1.29 is 9.53 Å². The summed E-state index contributed by atoms with van der Waals surface area (Å²) in [5.74, 6) is -0.00549. The molecule has 1 N–H and O–H groups in total. The maximum Gasteiger partial charge on any atom is 0.253 e. The number of aromatic nitrogens is 1. The molecule has 0 fully saturated rings. The molecule has 1 aliphatic carbocycles. The predicted molar refractivity (Wildman–Crippen MR) is 98.8 cm³/mol. The Hall–Kier alpha value is -2.59. The Balaban J connectivity index is 1.62. The third-order valence-electron chi connectivity index (χ3n) is 5.01. The number of ether oxygens (including phenoxy) is 1. The molecule has 0 radical (unpaired) electrons. The van der Waals surface area contributed by atoms with E-state index in [0.717, 1.165) is 35.9 Å². The highest BCUT2D eigenvalue weighted by atomic mass is 16.5. The summed E-state index contributed by atoms with van der Waals surface area (Å²) in [7, 11) is 1.69. The van der Waals surface area contributed by atoms with Gasteiger partial charge in [-0.05, 0) is 30.0 Å². The second-order valence-electron chi connectivity index (χ2n) is 6.51. The van der Waals surface area contributed by atoms with E-state index < -0.39 is 0 Å². The van der Waals surface area contributed by atoms with Gasteiger partial charge in [-0.25, -0.2) is 0 Å². The largest absolute Gasteiger partial charge is 0.383 e. The first-order valence-corrected chi connectivity index (χ1v) is 8.73. The van der Waals surface area contributed by atoms with Crippen LogP contribution in [0, 0.1) is 0 Å². The lowest BCUT2D eigenvalue weighted by Gasteiger charge is -2.13. The number of carbonyl (C=O) groups excluding carboxylic acids is 1. The molecule has 0 aliphatic heterocycles. The van der Waals surface area contributed by atoms with Crippen LogP contribution in [0.2, 0.25) is 0 Å². The number of aryl methyl sites for hydroxylation is 1. The van der Waals surface area contributed by atoms with E-state index in [1.165, 1.54) is 11.1 Å². The number of carbonyl (C=O) groups is 1. The van der Waals surface area contributed by atoms with Crippen LogP contribution < -0.4 is 5.32 Å². The molecule has 3 aromatic rings. The normalized spacial score (nSPS) is 16.1. The van der Waals surface area contributed by atoms with E-state index in [-0.39, 0.29) is 11.9 Å². The third-order valence-corrected chi connectivity index (χ3v) is 5.01. The van der Waals surface area contributed by atoms with Crippen LogP contribution in [-0.4, -0.2) is 24.2 Å². The lowest BCUT2D eigenvalue weighted by atomic mass is 10.1. The maximum absolute atomic E-state index is 13.0. The highest BCUT2D eigenvalue weighted by Crippen LogP contribution is 2.31. The maximum atomic E-state index is 13.0. The average molecular weight is 334 g/mol. The van der Waals surface area contributed by atoms with Crippen LogP contribution in [0.15, 0.2) is 54.7 Å². The number of amides is 1. The molecule has 1 heterocycles. The minimum absolute atomic E-state index is 0.00549. The minimum Gasteiger partial charge on any atom is -0.383 e. The number of hydrogen-bond acceptors (Lipinski definition) is 2. The first kappa shape index (κ1) is 15.9. The first-order valence-electron chi connectivity index (χ1n) is 8.73. The zero-order valence-electron chi connectivity index (χ0n) is 14.4. The zero-order chi connectivity index (χ0) is 17.2. The number of nitrogens with one attached hydrogen (secondary N) is 1. The van der Waals surface area contributed by atoms with Gasteiger partial charge in [0.15, 0.2) is 0 Å². The monoisotopic (exact) mass is 334 g/mol. The van der Waals surface area contributed by atoms with Crippen molar-refractivity contribution in [3.05, 3.63) is 71.4 Å². The Bertz CT molecular complexity index is 913. The van der Waals surface area contributed by atoms with E-state index in [2.05, 4.69) is 28.1 Å². The summed E-state index contributed by atoms with van der Waals surface area (Å²) in [5.41, 5.74) is 4.39. The van der Waals surface area contributed by atoms with Crippen molar-refractivity contribution in [1.82, 2.24) is 9.88 Å². The highest BCUT2D eigenvalue weighted by molar-refractivity contribution is 6.07. The molecule has 0 saturated heterocycles. The average Bonchev–Trinajstić information content (AvgIpc) is 3.22. The number of rotatable bonds is 5. The van der Waals surface area contributed by atoms with Gasteiger partial charge < -0.3 is 14.6 Å². The number of fused-ring (bicyclic) bond motifs is 2. The summed E-state index contributed by atoms with van der Waals surface area (Å²) in [6, 6.07) is 16.5. The van der Waals surface area contributed by atoms with Crippen LogP contribution in [0.25, 0.3) is 10.9 Å². The van der Waals surface area contributed by atoms with Crippen molar-refractivity contribution in [3.8, 4) is 0 Å².